The zero-order chi connectivity index (χ0) is 12.3. The zero-order valence-corrected chi connectivity index (χ0v) is 9.97. The summed E-state index contributed by atoms with van der Waals surface area (Å²) in [4.78, 5) is 27.3. The molecule has 0 saturated heterocycles. The summed E-state index contributed by atoms with van der Waals surface area (Å²) in [7, 11) is 0. The minimum absolute atomic E-state index is 0.337. The Kier molecular flexibility index (Phi) is 3.66. The van der Waals surface area contributed by atoms with Crippen LogP contribution in [0.15, 0.2) is 21.7 Å². The third-order valence-corrected chi connectivity index (χ3v) is 2.19. The number of aromatic amines is 2. The Bertz CT molecular complexity index is 608. The van der Waals surface area contributed by atoms with E-state index in [0.29, 0.717) is 10.9 Å². The summed E-state index contributed by atoms with van der Waals surface area (Å²) < 4.78 is 0. The lowest BCUT2D eigenvalue weighted by Crippen LogP contribution is -2.22. The first-order valence-electron chi connectivity index (χ1n) is 5.31. The van der Waals surface area contributed by atoms with E-state index in [1.807, 2.05) is 33.8 Å². The van der Waals surface area contributed by atoms with E-state index in [-0.39, 0.29) is 5.56 Å². The molecule has 0 bridgehead atoms. The molecule has 0 atom stereocenters. The number of aromatic nitrogens is 2. The number of H-pyrrole nitrogens is 2. The lowest BCUT2D eigenvalue weighted by molar-refractivity contribution is 1.07. The normalized spacial score (nSPS) is 9.75. The molecule has 86 valence electrons. The van der Waals surface area contributed by atoms with Gasteiger partial charge in [0.2, 0.25) is 0 Å². The maximum atomic E-state index is 11.4. The van der Waals surface area contributed by atoms with Crippen LogP contribution in [0.3, 0.4) is 0 Å². The first kappa shape index (κ1) is 12.2. The van der Waals surface area contributed by atoms with Gasteiger partial charge in [0, 0.05) is 0 Å². The SMILES string of the molecule is CC.Cc1cc(C)c2[nH]c(=O)[nH]c(=O)c2c1. The molecule has 1 aromatic carbocycles. The van der Waals surface area contributed by atoms with E-state index >= 15 is 0 Å². The molecular weight excluding hydrogens is 204 g/mol. The molecule has 1 heterocycles. The van der Waals surface area contributed by atoms with Crippen LogP contribution in [0.4, 0.5) is 0 Å². The molecule has 0 radical (unpaired) electrons. The van der Waals surface area contributed by atoms with Gasteiger partial charge >= 0.3 is 5.69 Å². The number of hydrogen-bond acceptors (Lipinski definition) is 2. The molecule has 0 unspecified atom stereocenters. The van der Waals surface area contributed by atoms with Crippen molar-refractivity contribution >= 4 is 10.9 Å². The summed E-state index contributed by atoms with van der Waals surface area (Å²) in [6.07, 6.45) is 0. The quantitative estimate of drug-likeness (QED) is 0.711. The second kappa shape index (κ2) is 4.79. The van der Waals surface area contributed by atoms with E-state index in [9.17, 15) is 9.59 Å². The van der Waals surface area contributed by atoms with Crippen molar-refractivity contribution in [1.29, 1.82) is 0 Å². The second-order valence-corrected chi connectivity index (χ2v) is 3.41. The average Bonchev–Trinajstić information content (AvgIpc) is 2.23. The van der Waals surface area contributed by atoms with Crippen molar-refractivity contribution in [1.82, 2.24) is 9.97 Å². The Morgan fingerprint density at radius 1 is 1.00 bits per heavy atom. The van der Waals surface area contributed by atoms with Gasteiger partial charge < -0.3 is 4.98 Å². The minimum Gasteiger partial charge on any atom is -0.307 e. The predicted octanol–water partition coefficient (Wildman–Crippen LogP) is 1.86. The molecule has 4 nitrogen and oxygen atoms in total. The van der Waals surface area contributed by atoms with Crippen molar-refractivity contribution in [3.63, 3.8) is 0 Å². The summed E-state index contributed by atoms with van der Waals surface area (Å²) in [5, 5.41) is 0.530. The van der Waals surface area contributed by atoms with Crippen LogP contribution in [0.1, 0.15) is 25.0 Å². The molecule has 16 heavy (non-hydrogen) atoms. The molecule has 0 aliphatic heterocycles. The fourth-order valence-corrected chi connectivity index (χ4v) is 1.63. The highest BCUT2D eigenvalue weighted by molar-refractivity contribution is 5.81. The monoisotopic (exact) mass is 220 g/mol. The Hall–Kier alpha value is -1.84. The van der Waals surface area contributed by atoms with Crippen LogP contribution in [-0.2, 0) is 0 Å². The molecule has 2 aromatic rings. The third-order valence-electron chi connectivity index (χ3n) is 2.19. The Morgan fingerprint density at radius 3 is 2.25 bits per heavy atom. The molecule has 0 amide bonds. The van der Waals surface area contributed by atoms with Crippen molar-refractivity contribution < 1.29 is 0 Å². The van der Waals surface area contributed by atoms with Crippen molar-refractivity contribution in [2.75, 3.05) is 0 Å². The van der Waals surface area contributed by atoms with Gasteiger partial charge in [-0.25, -0.2) is 4.79 Å². The van der Waals surface area contributed by atoms with Crippen LogP contribution in [0.2, 0.25) is 0 Å². The molecule has 0 fully saturated rings. The molecule has 1 aromatic heterocycles. The van der Waals surface area contributed by atoms with E-state index in [1.54, 1.807) is 6.07 Å². The Labute approximate surface area is 93.3 Å². The van der Waals surface area contributed by atoms with Gasteiger partial charge in [0.15, 0.2) is 0 Å². The van der Waals surface area contributed by atoms with Crippen LogP contribution >= 0.6 is 0 Å². The number of nitrogens with one attached hydrogen (secondary N) is 2. The fraction of sp³-hybridized carbons (Fsp3) is 0.333. The highest BCUT2D eigenvalue weighted by atomic mass is 16.2. The van der Waals surface area contributed by atoms with Crippen LogP contribution in [-0.4, -0.2) is 9.97 Å². The van der Waals surface area contributed by atoms with Crippen LogP contribution in [0.5, 0.6) is 0 Å². The van der Waals surface area contributed by atoms with Gasteiger partial charge in [0.05, 0.1) is 10.9 Å². The Balaban J connectivity index is 0.000000606. The number of hydrogen-bond donors (Lipinski definition) is 2. The van der Waals surface area contributed by atoms with Gasteiger partial charge in [-0.05, 0) is 31.0 Å². The van der Waals surface area contributed by atoms with Crippen molar-refractivity contribution in [2.45, 2.75) is 27.7 Å². The molecule has 2 rings (SSSR count). The third kappa shape index (κ3) is 2.21. The lowest BCUT2D eigenvalue weighted by atomic mass is 10.1. The predicted molar refractivity (Wildman–Crippen MR) is 66.0 cm³/mol. The van der Waals surface area contributed by atoms with Gasteiger partial charge in [-0.3, -0.25) is 9.78 Å². The summed E-state index contributed by atoms with van der Waals surface area (Å²) in [5.41, 5.74) is 1.73. The fourth-order valence-electron chi connectivity index (χ4n) is 1.63. The van der Waals surface area contributed by atoms with Gasteiger partial charge in [-0.15, -0.1) is 0 Å². The molecule has 0 aliphatic rings. The Morgan fingerprint density at radius 2 is 1.62 bits per heavy atom. The number of fused-ring (bicyclic) bond motifs is 1. The second-order valence-electron chi connectivity index (χ2n) is 3.41. The standard InChI is InChI=1S/C10H10N2O2.C2H6/c1-5-3-6(2)8-7(4-5)9(13)12-10(14)11-8;1-2/h3-4H,1-2H3,(H2,11,12,13,14);1-2H3. The topological polar surface area (TPSA) is 65.7 Å². The highest BCUT2D eigenvalue weighted by Crippen LogP contribution is 2.13. The first-order chi connectivity index (χ1) is 7.58. The summed E-state index contributed by atoms with van der Waals surface area (Å²) >= 11 is 0. The number of aryl methyl sites for hydroxylation is 2. The average molecular weight is 220 g/mol. The van der Waals surface area contributed by atoms with Gasteiger partial charge in [0.1, 0.15) is 0 Å². The van der Waals surface area contributed by atoms with Crippen molar-refractivity contribution in [2.24, 2.45) is 0 Å². The lowest BCUT2D eigenvalue weighted by Gasteiger charge is -2.01. The first-order valence-corrected chi connectivity index (χ1v) is 5.31. The van der Waals surface area contributed by atoms with E-state index in [4.69, 9.17) is 0 Å². The molecule has 2 N–H and O–H groups in total. The molecule has 0 spiro atoms. The van der Waals surface area contributed by atoms with Gasteiger partial charge in [-0.2, -0.15) is 0 Å². The van der Waals surface area contributed by atoms with E-state index in [2.05, 4.69) is 9.97 Å². The molecule has 4 heteroatoms. The minimum atomic E-state index is -0.463. The molecular formula is C12H16N2O2. The van der Waals surface area contributed by atoms with E-state index in [1.165, 1.54) is 0 Å². The highest BCUT2D eigenvalue weighted by Gasteiger charge is 2.03. The maximum absolute atomic E-state index is 11.4. The van der Waals surface area contributed by atoms with Crippen LogP contribution in [0.25, 0.3) is 10.9 Å². The zero-order valence-electron chi connectivity index (χ0n) is 9.97. The van der Waals surface area contributed by atoms with Crippen molar-refractivity contribution in [3.05, 3.63) is 44.1 Å². The van der Waals surface area contributed by atoms with E-state index < -0.39 is 5.69 Å². The van der Waals surface area contributed by atoms with Gasteiger partial charge in [-0.1, -0.05) is 19.9 Å². The maximum Gasteiger partial charge on any atom is 0.326 e. The van der Waals surface area contributed by atoms with Crippen molar-refractivity contribution in [3.8, 4) is 0 Å². The van der Waals surface area contributed by atoms with Gasteiger partial charge in [0.25, 0.3) is 5.56 Å². The van der Waals surface area contributed by atoms with Crippen LogP contribution < -0.4 is 11.2 Å². The summed E-state index contributed by atoms with van der Waals surface area (Å²) in [5.74, 6) is 0. The summed E-state index contributed by atoms with van der Waals surface area (Å²) in [6.45, 7) is 7.78. The molecule has 0 aliphatic carbocycles. The largest absolute Gasteiger partial charge is 0.326 e. The molecule has 0 saturated carbocycles. The smallest absolute Gasteiger partial charge is 0.307 e. The number of rotatable bonds is 0. The van der Waals surface area contributed by atoms with E-state index in [0.717, 1.165) is 11.1 Å². The summed E-state index contributed by atoms with van der Waals surface area (Å²) in [6, 6.07) is 3.69. The van der Waals surface area contributed by atoms with Crippen LogP contribution in [0, 0.1) is 13.8 Å². The number of benzene rings is 1.